The van der Waals surface area contributed by atoms with Crippen LogP contribution in [0.3, 0.4) is 0 Å². The smallest absolute Gasteiger partial charge is 0.115 e. The summed E-state index contributed by atoms with van der Waals surface area (Å²) in [6, 6.07) is 7.90. The van der Waals surface area contributed by atoms with Crippen molar-refractivity contribution in [3.8, 4) is 5.75 Å². The molecule has 0 fully saturated rings. The first kappa shape index (κ1) is 13.3. The van der Waals surface area contributed by atoms with Crippen molar-refractivity contribution in [3.63, 3.8) is 0 Å². The minimum atomic E-state index is 0.320. The fourth-order valence-electron chi connectivity index (χ4n) is 1.62. The molecule has 0 unspecified atom stereocenters. The van der Waals surface area contributed by atoms with Gasteiger partial charge in [-0.1, -0.05) is 12.1 Å². The van der Waals surface area contributed by atoms with Crippen molar-refractivity contribution in [1.29, 1.82) is 0 Å². The Morgan fingerprint density at radius 3 is 2.38 bits per heavy atom. The summed E-state index contributed by atoms with van der Waals surface area (Å²) in [6.07, 6.45) is 1.01. The van der Waals surface area contributed by atoms with Crippen LogP contribution in [-0.2, 0) is 6.54 Å². The summed E-state index contributed by atoms with van der Waals surface area (Å²) < 4.78 is 0. The van der Waals surface area contributed by atoms with Crippen molar-refractivity contribution in [2.24, 2.45) is 0 Å². The number of rotatable bonds is 6. The van der Waals surface area contributed by atoms with Gasteiger partial charge in [0, 0.05) is 18.5 Å². The normalized spacial score (nSPS) is 11.3. The topological polar surface area (TPSA) is 23.5 Å². The van der Waals surface area contributed by atoms with Gasteiger partial charge in [0.2, 0.25) is 0 Å². The summed E-state index contributed by atoms with van der Waals surface area (Å²) in [7, 11) is 0. The maximum absolute atomic E-state index is 9.21. The van der Waals surface area contributed by atoms with E-state index in [0.717, 1.165) is 19.5 Å². The molecule has 0 radical (unpaired) electrons. The van der Waals surface area contributed by atoms with Gasteiger partial charge in [0.25, 0.3) is 0 Å². The van der Waals surface area contributed by atoms with Crippen LogP contribution in [0.5, 0.6) is 5.75 Å². The largest absolute Gasteiger partial charge is 0.508 e. The zero-order valence-electron chi connectivity index (χ0n) is 9.99. The number of phenolic OH excluding ortho intramolecular Hbond substituents is 1. The van der Waals surface area contributed by atoms with Crippen molar-refractivity contribution in [1.82, 2.24) is 4.90 Å². The Hall–Kier alpha value is -0.730. The number of hydrogen-bond acceptors (Lipinski definition) is 2. The Morgan fingerprint density at radius 1 is 1.25 bits per heavy atom. The monoisotopic (exact) mass is 241 g/mol. The van der Waals surface area contributed by atoms with Gasteiger partial charge in [-0.3, -0.25) is 4.90 Å². The highest BCUT2D eigenvalue weighted by atomic mass is 35.5. The number of benzene rings is 1. The third kappa shape index (κ3) is 4.42. The van der Waals surface area contributed by atoms with Gasteiger partial charge < -0.3 is 5.11 Å². The minimum absolute atomic E-state index is 0.320. The lowest BCUT2D eigenvalue weighted by molar-refractivity contribution is 0.213. The molecule has 3 heteroatoms. The van der Waals surface area contributed by atoms with E-state index in [0.29, 0.717) is 17.7 Å². The maximum atomic E-state index is 9.21. The molecule has 0 saturated carbocycles. The van der Waals surface area contributed by atoms with Gasteiger partial charge in [0.1, 0.15) is 5.75 Å². The van der Waals surface area contributed by atoms with Crippen LogP contribution in [0.25, 0.3) is 0 Å². The number of nitrogens with zero attached hydrogens (tertiary/aromatic N) is 1. The van der Waals surface area contributed by atoms with E-state index in [9.17, 15) is 5.11 Å². The Bertz CT molecular complexity index is 297. The molecule has 0 amide bonds. The zero-order chi connectivity index (χ0) is 12.0. The lowest BCUT2D eigenvalue weighted by Crippen LogP contribution is -2.31. The van der Waals surface area contributed by atoms with E-state index < -0.39 is 0 Å². The molecule has 0 aliphatic heterocycles. The van der Waals surface area contributed by atoms with Gasteiger partial charge in [-0.05, 0) is 44.5 Å². The highest BCUT2D eigenvalue weighted by Crippen LogP contribution is 2.13. The molecule has 1 N–H and O–H groups in total. The van der Waals surface area contributed by atoms with Gasteiger partial charge in [-0.15, -0.1) is 11.6 Å². The number of aromatic hydroxyl groups is 1. The summed E-state index contributed by atoms with van der Waals surface area (Å²) >= 11 is 5.71. The fourth-order valence-corrected chi connectivity index (χ4v) is 1.74. The van der Waals surface area contributed by atoms with Crippen LogP contribution in [0.4, 0.5) is 0 Å². The number of phenols is 1. The minimum Gasteiger partial charge on any atom is -0.508 e. The molecule has 0 spiro atoms. The van der Waals surface area contributed by atoms with Gasteiger partial charge in [-0.25, -0.2) is 0 Å². The summed E-state index contributed by atoms with van der Waals surface area (Å²) in [5.41, 5.74) is 1.22. The molecule has 0 aromatic heterocycles. The number of alkyl halides is 1. The van der Waals surface area contributed by atoms with E-state index in [1.54, 1.807) is 12.1 Å². The van der Waals surface area contributed by atoms with Gasteiger partial charge >= 0.3 is 0 Å². The van der Waals surface area contributed by atoms with Gasteiger partial charge in [0.15, 0.2) is 0 Å². The molecule has 2 nitrogen and oxygen atoms in total. The van der Waals surface area contributed by atoms with Crippen LogP contribution in [0.15, 0.2) is 24.3 Å². The van der Waals surface area contributed by atoms with Crippen LogP contribution in [0.1, 0.15) is 25.8 Å². The van der Waals surface area contributed by atoms with Crippen molar-refractivity contribution in [2.45, 2.75) is 32.9 Å². The van der Waals surface area contributed by atoms with Crippen molar-refractivity contribution in [2.75, 3.05) is 12.4 Å². The van der Waals surface area contributed by atoms with Crippen molar-refractivity contribution >= 4 is 11.6 Å². The van der Waals surface area contributed by atoms with Crippen molar-refractivity contribution < 1.29 is 5.11 Å². The quantitative estimate of drug-likeness (QED) is 0.773. The summed E-state index contributed by atoms with van der Waals surface area (Å²) in [4.78, 5) is 2.38. The van der Waals surface area contributed by atoms with E-state index in [1.807, 2.05) is 12.1 Å². The highest BCUT2D eigenvalue weighted by Gasteiger charge is 2.09. The Morgan fingerprint density at radius 2 is 1.88 bits per heavy atom. The van der Waals surface area contributed by atoms with Crippen LogP contribution >= 0.6 is 11.6 Å². The average Bonchev–Trinajstić information content (AvgIpc) is 2.26. The predicted octanol–water partition coefficient (Wildman–Crippen LogP) is 3.23. The molecule has 0 atom stereocenters. The average molecular weight is 242 g/mol. The lowest BCUT2D eigenvalue weighted by atomic mass is 10.1. The highest BCUT2D eigenvalue weighted by molar-refractivity contribution is 6.17. The van der Waals surface area contributed by atoms with Crippen LogP contribution in [0.2, 0.25) is 0 Å². The van der Waals surface area contributed by atoms with Crippen LogP contribution in [0, 0.1) is 0 Å². The maximum Gasteiger partial charge on any atom is 0.115 e. The molecule has 90 valence electrons. The number of halogens is 1. The fraction of sp³-hybridized carbons (Fsp3) is 0.538. The molecule has 1 rings (SSSR count). The molecule has 1 aromatic carbocycles. The third-order valence-electron chi connectivity index (χ3n) is 2.63. The Balaban J connectivity index is 2.57. The third-order valence-corrected chi connectivity index (χ3v) is 2.90. The second-order valence-corrected chi connectivity index (χ2v) is 4.65. The Kier molecular flexibility index (Phi) is 5.64. The predicted molar refractivity (Wildman–Crippen MR) is 69.0 cm³/mol. The molecule has 0 bridgehead atoms. The molecular formula is C13H20ClNO. The van der Waals surface area contributed by atoms with E-state index in [4.69, 9.17) is 11.6 Å². The summed E-state index contributed by atoms with van der Waals surface area (Å²) in [5.74, 6) is 1.03. The number of hydrogen-bond donors (Lipinski definition) is 1. The lowest BCUT2D eigenvalue weighted by Gasteiger charge is -2.26. The van der Waals surface area contributed by atoms with Crippen molar-refractivity contribution in [3.05, 3.63) is 29.8 Å². The zero-order valence-corrected chi connectivity index (χ0v) is 10.7. The van der Waals surface area contributed by atoms with E-state index in [1.165, 1.54) is 5.56 Å². The molecule has 0 saturated heterocycles. The first-order valence-corrected chi connectivity index (χ1v) is 6.25. The molecular weight excluding hydrogens is 222 g/mol. The molecule has 1 aromatic rings. The SMILES string of the molecule is CC(C)N(CCCCl)Cc1ccc(O)cc1. The molecule has 0 aliphatic carbocycles. The second kappa shape index (κ2) is 6.77. The molecule has 0 heterocycles. The standard InChI is InChI=1S/C13H20ClNO/c1-11(2)15(9-3-8-14)10-12-4-6-13(16)7-5-12/h4-7,11,16H,3,8-10H2,1-2H3. The van der Waals surface area contributed by atoms with Gasteiger partial charge in [-0.2, -0.15) is 0 Å². The van der Waals surface area contributed by atoms with E-state index in [-0.39, 0.29) is 0 Å². The first-order chi connectivity index (χ1) is 7.63. The molecule has 16 heavy (non-hydrogen) atoms. The van der Waals surface area contributed by atoms with Crippen LogP contribution in [-0.4, -0.2) is 28.5 Å². The van der Waals surface area contributed by atoms with Gasteiger partial charge in [0.05, 0.1) is 0 Å². The summed E-state index contributed by atoms with van der Waals surface area (Å²) in [6.45, 7) is 6.31. The van der Waals surface area contributed by atoms with Crippen LogP contribution < -0.4 is 0 Å². The first-order valence-electron chi connectivity index (χ1n) is 5.71. The van der Waals surface area contributed by atoms with E-state index >= 15 is 0 Å². The second-order valence-electron chi connectivity index (χ2n) is 4.27. The Labute approximate surface area is 103 Å². The molecule has 0 aliphatic rings. The summed E-state index contributed by atoms with van der Waals surface area (Å²) in [5, 5.41) is 9.21. The van der Waals surface area contributed by atoms with E-state index in [2.05, 4.69) is 18.7 Å².